The van der Waals surface area contributed by atoms with Crippen LogP contribution in [0, 0.1) is 5.82 Å². The number of carbonyl (C=O) groups is 1. The largest absolute Gasteiger partial charge is 0.477 e. The third-order valence-electron chi connectivity index (χ3n) is 5.56. The highest BCUT2D eigenvalue weighted by Gasteiger charge is 2.33. The molecule has 0 saturated heterocycles. The van der Waals surface area contributed by atoms with Crippen LogP contribution in [-0.2, 0) is 12.7 Å². The van der Waals surface area contributed by atoms with Crippen molar-refractivity contribution in [1.82, 2.24) is 14.1 Å². The lowest BCUT2D eigenvalue weighted by molar-refractivity contribution is -0.137. The van der Waals surface area contributed by atoms with Crippen LogP contribution in [0.25, 0.3) is 27.5 Å². The third-order valence-corrected chi connectivity index (χ3v) is 6.30. The average molecular weight is 503 g/mol. The van der Waals surface area contributed by atoms with E-state index < -0.39 is 46.2 Å². The average Bonchev–Trinajstić information content (AvgIpc) is 3.36. The van der Waals surface area contributed by atoms with Crippen molar-refractivity contribution in [2.45, 2.75) is 12.7 Å². The minimum absolute atomic E-state index is 0.0198. The minimum atomic E-state index is -4.77. The zero-order valence-corrected chi connectivity index (χ0v) is 18.2. The normalized spacial score (nSPS) is 12.0. The highest BCUT2D eigenvalue weighted by atomic mass is 32.1. The van der Waals surface area contributed by atoms with E-state index in [4.69, 9.17) is 0 Å². The molecular weight excluding hydrogens is 490 g/mol. The molecule has 0 spiro atoms. The van der Waals surface area contributed by atoms with Gasteiger partial charge in [0, 0.05) is 22.7 Å². The molecule has 0 aliphatic heterocycles. The van der Waals surface area contributed by atoms with Crippen molar-refractivity contribution in [3.8, 4) is 5.69 Å². The van der Waals surface area contributed by atoms with Gasteiger partial charge in [-0.3, -0.25) is 4.79 Å². The van der Waals surface area contributed by atoms with Crippen LogP contribution in [0.1, 0.15) is 21.6 Å². The summed E-state index contributed by atoms with van der Waals surface area (Å²) >= 11 is 1.12. The molecule has 2 aromatic carbocycles. The molecule has 5 rings (SSSR count). The van der Waals surface area contributed by atoms with Crippen LogP contribution in [0.4, 0.5) is 17.6 Å². The van der Waals surface area contributed by atoms with Crippen molar-refractivity contribution in [2.75, 3.05) is 0 Å². The molecule has 0 saturated carbocycles. The van der Waals surface area contributed by atoms with E-state index in [-0.39, 0.29) is 28.4 Å². The van der Waals surface area contributed by atoms with Crippen molar-refractivity contribution in [1.29, 1.82) is 0 Å². The van der Waals surface area contributed by atoms with Gasteiger partial charge in [-0.25, -0.2) is 18.5 Å². The van der Waals surface area contributed by atoms with Gasteiger partial charge in [-0.1, -0.05) is 12.1 Å². The molecule has 0 amide bonds. The Morgan fingerprint density at radius 3 is 2.51 bits per heavy atom. The molecule has 0 aliphatic rings. The van der Waals surface area contributed by atoms with Gasteiger partial charge >= 0.3 is 17.8 Å². The van der Waals surface area contributed by atoms with Crippen LogP contribution in [-0.4, -0.2) is 25.2 Å². The van der Waals surface area contributed by atoms with Crippen LogP contribution >= 0.6 is 11.3 Å². The number of benzene rings is 2. The van der Waals surface area contributed by atoms with Gasteiger partial charge in [0.25, 0.3) is 5.56 Å². The summed E-state index contributed by atoms with van der Waals surface area (Å²) in [4.78, 5) is 41.0. The van der Waals surface area contributed by atoms with E-state index in [2.05, 4.69) is 4.98 Å². The second-order valence-corrected chi connectivity index (χ2v) is 8.46. The number of nitrogens with one attached hydrogen (secondary N) is 1. The molecule has 3 aromatic heterocycles. The summed E-state index contributed by atoms with van der Waals surface area (Å²) in [5.74, 6) is -2.18. The van der Waals surface area contributed by atoms with Gasteiger partial charge in [-0.05, 0) is 35.9 Å². The Kier molecular flexibility index (Phi) is 5.13. The molecule has 5 aromatic rings. The molecule has 12 heteroatoms. The van der Waals surface area contributed by atoms with Crippen molar-refractivity contribution in [3.05, 3.63) is 96.7 Å². The number of nitrogens with zero attached hydrogens (tertiary/aromatic N) is 2. The number of fused-ring (bicyclic) bond motifs is 2. The van der Waals surface area contributed by atoms with E-state index in [1.54, 1.807) is 0 Å². The van der Waals surface area contributed by atoms with Gasteiger partial charge in [0.2, 0.25) is 0 Å². The molecule has 178 valence electrons. The monoisotopic (exact) mass is 503 g/mol. The summed E-state index contributed by atoms with van der Waals surface area (Å²) in [5.41, 5.74) is -3.51. The highest BCUT2D eigenvalue weighted by molar-refractivity contribution is 7.09. The molecule has 3 heterocycles. The first-order valence-electron chi connectivity index (χ1n) is 9.99. The molecule has 35 heavy (non-hydrogen) atoms. The molecule has 2 N–H and O–H groups in total. The Morgan fingerprint density at radius 1 is 1.06 bits per heavy atom. The van der Waals surface area contributed by atoms with Gasteiger partial charge in [-0.15, -0.1) is 11.3 Å². The molecule has 0 radical (unpaired) electrons. The third kappa shape index (κ3) is 3.71. The Labute approximate surface area is 196 Å². The highest BCUT2D eigenvalue weighted by Crippen LogP contribution is 2.36. The Hall–Kier alpha value is -4.19. The predicted molar refractivity (Wildman–Crippen MR) is 121 cm³/mol. The molecule has 0 fully saturated rings. The fourth-order valence-corrected chi connectivity index (χ4v) is 4.84. The van der Waals surface area contributed by atoms with Crippen molar-refractivity contribution < 1.29 is 27.5 Å². The summed E-state index contributed by atoms with van der Waals surface area (Å²) in [6.45, 7) is -0.241. The Bertz CT molecular complexity index is 1760. The van der Waals surface area contributed by atoms with Crippen LogP contribution < -0.4 is 11.2 Å². The van der Waals surface area contributed by atoms with E-state index in [1.165, 1.54) is 29.0 Å². The zero-order valence-electron chi connectivity index (χ0n) is 17.4. The lowest BCUT2D eigenvalue weighted by Crippen LogP contribution is -2.34. The van der Waals surface area contributed by atoms with E-state index >= 15 is 0 Å². The smallest absolute Gasteiger partial charge is 0.416 e. The number of aromatic carboxylic acids is 1. The number of hydrogen-bond acceptors (Lipinski definition) is 4. The van der Waals surface area contributed by atoms with Crippen molar-refractivity contribution in [2.24, 2.45) is 0 Å². The van der Waals surface area contributed by atoms with Crippen molar-refractivity contribution >= 4 is 39.1 Å². The second-order valence-electron chi connectivity index (χ2n) is 7.72. The molecular formula is C23H13F4N3O4S. The lowest BCUT2D eigenvalue weighted by atomic mass is 10.1. The summed E-state index contributed by atoms with van der Waals surface area (Å²) in [6.07, 6.45) is -4.77. The number of rotatable bonds is 4. The number of carboxylic acids is 1. The minimum Gasteiger partial charge on any atom is -0.477 e. The number of aromatic nitrogens is 3. The second kappa shape index (κ2) is 7.94. The number of aromatic amines is 1. The van der Waals surface area contributed by atoms with E-state index in [0.29, 0.717) is 16.2 Å². The number of carboxylic acid groups (broad SMARTS) is 1. The van der Waals surface area contributed by atoms with Crippen LogP contribution in [0.15, 0.2) is 62.8 Å². The maximum atomic E-state index is 13.8. The number of H-pyrrole nitrogens is 1. The quantitative estimate of drug-likeness (QED) is 0.351. The number of halogens is 4. The maximum absolute atomic E-state index is 13.8. The van der Waals surface area contributed by atoms with Gasteiger partial charge in [-0.2, -0.15) is 13.2 Å². The fraction of sp³-hybridized carbons (Fsp3) is 0.0870. The summed E-state index contributed by atoms with van der Waals surface area (Å²) in [6, 6.07) is 7.79. The van der Waals surface area contributed by atoms with Crippen molar-refractivity contribution in [3.63, 3.8) is 0 Å². The zero-order chi connectivity index (χ0) is 25.1. The van der Waals surface area contributed by atoms with Gasteiger partial charge < -0.3 is 14.7 Å². The van der Waals surface area contributed by atoms with E-state index in [1.807, 2.05) is 0 Å². The topological polar surface area (TPSA) is 97.1 Å². The first-order chi connectivity index (χ1) is 16.6. The molecule has 0 atom stereocenters. The summed E-state index contributed by atoms with van der Waals surface area (Å²) in [7, 11) is 0. The first kappa shape index (κ1) is 22.6. The van der Waals surface area contributed by atoms with Crippen LogP contribution in [0.3, 0.4) is 0 Å². The molecule has 0 bridgehead atoms. The van der Waals surface area contributed by atoms with Crippen LogP contribution in [0.2, 0.25) is 0 Å². The maximum Gasteiger partial charge on any atom is 0.416 e. The molecule has 0 unspecified atom stereocenters. The summed E-state index contributed by atoms with van der Waals surface area (Å²) < 4.78 is 56.1. The standard InChI is InChI=1S/C23H13F4N3O4S/c24-13-3-1-2-11(6-13)8-29-17-5-4-12(23(25,26)27)7-14(17)18(19(29)21(32)33)30-20(31)15-9-35-10-16(15)28-22(30)34/h1-7,9-10H,8H2,(H,28,34)(H,32,33). The van der Waals surface area contributed by atoms with Gasteiger partial charge in [0.1, 0.15) is 5.82 Å². The first-order valence-corrected chi connectivity index (χ1v) is 10.9. The molecule has 7 nitrogen and oxygen atoms in total. The molecule has 0 aliphatic carbocycles. The SMILES string of the molecule is O=C(O)c1c(-n2c(=O)[nH]c3cscc3c2=O)c2cc(C(F)(F)F)ccc2n1Cc1cccc(F)c1. The Morgan fingerprint density at radius 2 is 1.83 bits per heavy atom. The number of alkyl halides is 3. The van der Waals surface area contributed by atoms with Gasteiger partial charge in [0.15, 0.2) is 5.69 Å². The van der Waals surface area contributed by atoms with E-state index in [9.17, 15) is 37.1 Å². The van der Waals surface area contributed by atoms with Crippen LogP contribution in [0.5, 0.6) is 0 Å². The Balaban J connectivity index is 1.93. The van der Waals surface area contributed by atoms with Gasteiger partial charge in [0.05, 0.1) is 27.7 Å². The lowest BCUT2D eigenvalue weighted by Gasteiger charge is -2.10. The fourth-order valence-electron chi connectivity index (χ4n) is 4.08. The summed E-state index contributed by atoms with van der Waals surface area (Å²) in [5, 5.41) is 12.8. The number of thiophene rings is 1. The van der Waals surface area contributed by atoms with E-state index in [0.717, 1.165) is 34.1 Å². The number of hydrogen-bond donors (Lipinski definition) is 2. The predicted octanol–water partition coefficient (Wildman–Crippen LogP) is 4.60.